The fourth-order valence-corrected chi connectivity index (χ4v) is 4.27. The second-order valence-corrected chi connectivity index (χ2v) is 10.0. The SMILES string of the molecule is CNS(=O)(=O)/C=C/CCNC(=O)C(=O)NCc1ccccc1C(=O)N[C@H](C)c1cccc2ccccc12. The number of carbonyl (C=O) groups excluding carboxylic acids is 3. The van der Waals surface area contributed by atoms with Crippen LogP contribution in [0.2, 0.25) is 0 Å². The van der Waals surface area contributed by atoms with Crippen molar-refractivity contribution in [3.63, 3.8) is 0 Å². The summed E-state index contributed by atoms with van der Waals surface area (Å²) in [6, 6.07) is 20.5. The van der Waals surface area contributed by atoms with Gasteiger partial charge in [0.25, 0.3) is 5.91 Å². The van der Waals surface area contributed by atoms with Crippen LogP contribution in [0, 0.1) is 0 Å². The molecule has 9 nitrogen and oxygen atoms in total. The Labute approximate surface area is 216 Å². The van der Waals surface area contributed by atoms with Gasteiger partial charge in [0.15, 0.2) is 0 Å². The predicted octanol–water partition coefficient (Wildman–Crippen LogP) is 2.52. The van der Waals surface area contributed by atoms with Crippen molar-refractivity contribution >= 4 is 38.5 Å². The third-order valence-electron chi connectivity index (χ3n) is 5.70. The van der Waals surface area contributed by atoms with Gasteiger partial charge < -0.3 is 16.0 Å². The fraction of sp³-hybridized carbons (Fsp3) is 0.222. The molecule has 10 heteroatoms. The van der Waals surface area contributed by atoms with Gasteiger partial charge in [0.05, 0.1) is 6.04 Å². The molecule has 0 bridgehead atoms. The van der Waals surface area contributed by atoms with Crippen LogP contribution < -0.4 is 20.7 Å². The molecule has 1 atom stereocenters. The number of hydrogen-bond donors (Lipinski definition) is 4. The molecular weight excluding hydrogens is 492 g/mol. The van der Waals surface area contributed by atoms with Crippen LogP contribution >= 0.6 is 0 Å². The third-order valence-corrected chi connectivity index (χ3v) is 6.82. The van der Waals surface area contributed by atoms with Gasteiger partial charge in [-0.2, -0.15) is 0 Å². The maximum atomic E-state index is 13.1. The third kappa shape index (κ3) is 7.73. The van der Waals surface area contributed by atoms with Crippen LogP contribution in [0.4, 0.5) is 0 Å². The van der Waals surface area contributed by atoms with Crippen LogP contribution in [0.5, 0.6) is 0 Å². The molecule has 0 aromatic heterocycles. The molecule has 0 saturated carbocycles. The van der Waals surface area contributed by atoms with E-state index in [0.29, 0.717) is 11.1 Å². The summed E-state index contributed by atoms with van der Waals surface area (Å²) >= 11 is 0. The molecule has 0 radical (unpaired) electrons. The summed E-state index contributed by atoms with van der Waals surface area (Å²) in [4.78, 5) is 37.4. The molecule has 0 fully saturated rings. The van der Waals surface area contributed by atoms with E-state index in [1.54, 1.807) is 24.3 Å². The Morgan fingerprint density at radius 3 is 2.35 bits per heavy atom. The van der Waals surface area contributed by atoms with E-state index in [-0.39, 0.29) is 31.5 Å². The van der Waals surface area contributed by atoms with E-state index in [9.17, 15) is 22.8 Å². The van der Waals surface area contributed by atoms with E-state index < -0.39 is 21.8 Å². The van der Waals surface area contributed by atoms with Gasteiger partial charge in [-0.05, 0) is 48.4 Å². The van der Waals surface area contributed by atoms with Crippen molar-refractivity contribution in [2.45, 2.75) is 25.9 Å². The van der Waals surface area contributed by atoms with E-state index in [4.69, 9.17) is 0 Å². The summed E-state index contributed by atoms with van der Waals surface area (Å²) in [5, 5.41) is 11.1. The minimum absolute atomic E-state index is 0.0151. The standard InChI is InChI=1S/C27H30N4O5S/c1-19(22-15-9-12-20-10-3-5-13-23(20)22)31-25(32)24-14-6-4-11-21(24)18-30-27(34)26(33)29-16-7-8-17-37(35,36)28-2/h3-6,8-15,17,19,28H,7,16,18H2,1-2H3,(H,29,33)(H,30,34)(H,31,32)/b17-8+/t19-/m1/s1. The van der Waals surface area contributed by atoms with E-state index in [2.05, 4.69) is 20.7 Å². The molecule has 0 aliphatic carbocycles. The first-order valence-corrected chi connectivity index (χ1v) is 13.3. The van der Waals surface area contributed by atoms with E-state index in [1.165, 1.54) is 13.1 Å². The highest BCUT2D eigenvalue weighted by Gasteiger charge is 2.18. The van der Waals surface area contributed by atoms with E-state index in [1.807, 2.05) is 49.4 Å². The molecule has 0 aliphatic heterocycles. The summed E-state index contributed by atoms with van der Waals surface area (Å²) in [6.45, 7) is 1.99. The van der Waals surface area contributed by atoms with Gasteiger partial charge in [0.1, 0.15) is 0 Å². The van der Waals surface area contributed by atoms with Gasteiger partial charge in [-0.3, -0.25) is 14.4 Å². The average Bonchev–Trinajstić information content (AvgIpc) is 2.91. The van der Waals surface area contributed by atoms with Crippen LogP contribution in [0.1, 0.15) is 40.9 Å². The molecule has 0 heterocycles. The molecule has 194 valence electrons. The van der Waals surface area contributed by atoms with Crippen LogP contribution in [0.15, 0.2) is 78.2 Å². The van der Waals surface area contributed by atoms with Gasteiger partial charge in [-0.15, -0.1) is 0 Å². The predicted molar refractivity (Wildman–Crippen MR) is 143 cm³/mol. The van der Waals surface area contributed by atoms with Crippen LogP contribution in [0.3, 0.4) is 0 Å². The maximum Gasteiger partial charge on any atom is 0.309 e. The number of hydrogen-bond acceptors (Lipinski definition) is 5. The number of rotatable bonds is 10. The zero-order valence-corrected chi connectivity index (χ0v) is 21.5. The van der Waals surface area contributed by atoms with Crippen molar-refractivity contribution in [2.24, 2.45) is 0 Å². The van der Waals surface area contributed by atoms with Crippen LogP contribution in [0.25, 0.3) is 10.8 Å². The monoisotopic (exact) mass is 522 g/mol. The topological polar surface area (TPSA) is 133 Å². The molecule has 0 unspecified atom stereocenters. The number of benzene rings is 3. The first kappa shape index (κ1) is 27.6. The van der Waals surface area contributed by atoms with Crippen molar-refractivity contribution in [3.8, 4) is 0 Å². The Hall–Kier alpha value is -4.02. The molecule has 3 amide bonds. The normalized spacial score (nSPS) is 12.3. The van der Waals surface area contributed by atoms with E-state index >= 15 is 0 Å². The fourth-order valence-electron chi connectivity index (χ4n) is 3.74. The van der Waals surface area contributed by atoms with Crippen molar-refractivity contribution in [1.82, 2.24) is 20.7 Å². The summed E-state index contributed by atoms with van der Waals surface area (Å²) in [5.74, 6) is -2.00. The molecule has 37 heavy (non-hydrogen) atoms. The summed E-state index contributed by atoms with van der Waals surface area (Å²) < 4.78 is 24.7. The molecule has 0 aliphatic rings. The first-order chi connectivity index (χ1) is 17.7. The Morgan fingerprint density at radius 2 is 1.57 bits per heavy atom. The second kappa shape index (κ2) is 12.8. The zero-order chi connectivity index (χ0) is 26.8. The Kier molecular flexibility index (Phi) is 9.53. The highest BCUT2D eigenvalue weighted by Crippen LogP contribution is 2.24. The van der Waals surface area contributed by atoms with Gasteiger partial charge in [0, 0.05) is 24.1 Å². The number of sulfonamides is 1. The molecular formula is C27H30N4O5S. The number of carbonyl (C=O) groups is 3. The van der Waals surface area contributed by atoms with Gasteiger partial charge >= 0.3 is 11.8 Å². The minimum atomic E-state index is -3.48. The minimum Gasteiger partial charge on any atom is -0.348 e. The lowest BCUT2D eigenvalue weighted by Gasteiger charge is -2.18. The van der Waals surface area contributed by atoms with Crippen LogP contribution in [-0.2, 0) is 26.2 Å². The highest BCUT2D eigenvalue weighted by molar-refractivity contribution is 7.92. The van der Waals surface area contributed by atoms with Crippen LogP contribution in [-0.4, -0.2) is 39.7 Å². The van der Waals surface area contributed by atoms with Crippen molar-refractivity contribution in [2.75, 3.05) is 13.6 Å². The Morgan fingerprint density at radius 1 is 0.892 bits per heavy atom. The molecule has 3 aromatic rings. The lowest BCUT2D eigenvalue weighted by molar-refractivity contribution is -0.139. The molecule has 0 saturated heterocycles. The van der Waals surface area contributed by atoms with Crippen molar-refractivity contribution in [3.05, 3.63) is 94.9 Å². The maximum absolute atomic E-state index is 13.1. The second-order valence-electron chi connectivity index (χ2n) is 8.27. The smallest absolute Gasteiger partial charge is 0.309 e. The largest absolute Gasteiger partial charge is 0.348 e. The number of nitrogens with one attached hydrogen (secondary N) is 4. The van der Waals surface area contributed by atoms with Gasteiger partial charge in [-0.1, -0.05) is 66.7 Å². The molecule has 3 rings (SSSR count). The average molecular weight is 523 g/mol. The lowest BCUT2D eigenvalue weighted by Crippen LogP contribution is -2.40. The summed E-state index contributed by atoms with van der Waals surface area (Å²) in [5.41, 5.74) is 1.95. The van der Waals surface area contributed by atoms with Crippen molar-refractivity contribution in [1.29, 1.82) is 0 Å². The summed E-state index contributed by atoms with van der Waals surface area (Å²) in [6.07, 6.45) is 1.61. The Balaban J connectivity index is 1.57. The number of fused-ring (bicyclic) bond motifs is 1. The highest BCUT2D eigenvalue weighted by atomic mass is 32.2. The number of amides is 3. The van der Waals surface area contributed by atoms with Crippen molar-refractivity contribution < 1.29 is 22.8 Å². The lowest BCUT2D eigenvalue weighted by atomic mass is 9.99. The first-order valence-electron chi connectivity index (χ1n) is 11.7. The quantitative estimate of drug-likeness (QED) is 0.240. The molecule has 4 N–H and O–H groups in total. The van der Waals surface area contributed by atoms with Gasteiger partial charge in [0.2, 0.25) is 10.0 Å². The summed E-state index contributed by atoms with van der Waals surface area (Å²) in [7, 11) is -2.18. The van der Waals surface area contributed by atoms with Gasteiger partial charge in [-0.25, -0.2) is 13.1 Å². The molecule has 3 aromatic carbocycles. The van der Waals surface area contributed by atoms with E-state index in [0.717, 1.165) is 21.7 Å². The zero-order valence-electron chi connectivity index (χ0n) is 20.7. The Bertz CT molecular complexity index is 1410. The molecule has 0 spiro atoms.